The van der Waals surface area contributed by atoms with Gasteiger partial charge in [-0.15, -0.1) is 23.5 Å². The largest absolute Gasteiger partial charge is 0.506 e. The van der Waals surface area contributed by atoms with Gasteiger partial charge < -0.3 is 15.5 Å². The number of halogens is 2. The van der Waals surface area contributed by atoms with Crippen LogP contribution in [0.4, 0.5) is 0 Å². The number of benzene rings is 2. The first-order valence-corrected chi connectivity index (χ1v) is 10.2. The second kappa shape index (κ2) is 10.1. The number of thioether (sulfide) groups is 2. The van der Waals surface area contributed by atoms with Gasteiger partial charge in [0.05, 0.1) is 15.8 Å². The highest BCUT2D eigenvalue weighted by molar-refractivity contribution is 8.00. The van der Waals surface area contributed by atoms with Crippen LogP contribution in [0.3, 0.4) is 0 Å². The fourth-order valence-electron chi connectivity index (χ4n) is 1.84. The number of hydrogen-bond donors (Lipinski definition) is 3. The van der Waals surface area contributed by atoms with Gasteiger partial charge in [0.1, 0.15) is 11.5 Å². The van der Waals surface area contributed by atoms with E-state index in [4.69, 9.17) is 23.2 Å². The smallest absolute Gasteiger partial charge is 0.230 e. The summed E-state index contributed by atoms with van der Waals surface area (Å²) in [7, 11) is 0. The van der Waals surface area contributed by atoms with Gasteiger partial charge >= 0.3 is 0 Å². The number of phenols is 2. The molecule has 2 aromatic rings. The topological polar surface area (TPSA) is 69.6 Å². The van der Waals surface area contributed by atoms with E-state index >= 15 is 0 Å². The van der Waals surface area contributed by atoms with E-state index in [0.29, 0.717) is 17.3 Å². The molecule has 0 aromatic heterocycles. The Hall–Kier alpha value is -1.21. The van der Waals surface area contributed by atoms with E-state index in [1.54, 1.807) is 36.0 Å². The van der Waals surface area contributed by atoms with Crippen LogP contribution in [0.5, 0.6) is 11.5 Å². The summed E-state index contributed by atoms with van der Waals surface area (Å²) in [5, 5.41) is 22.2. The fraction of sp³-hybridized carbons (Fsp3) is 0.235. The summed E-state index contributed by atoms with van der Waals surface area (Å²) >= 11 is 14.7. The van der Waals surface area contributed by atoms with Crippen LogP contribution >= 0.6 is 46.7 Å². The molecule has 2 rings (SSSR count). The number of rotatable bonds is 8. The molecule has 4 nitrogen and oxygen atoms in total. The molecule has 0 aliphatic heterocycles. The highest BCUT2D eigenvalue weighted by Gasteiger charge is 2.05. The third-order valence-electron chi connectivity index (χ3n) is 3.12. The Bertz CT molecular complexity index is 744. The van der Waals surface area contributed by atoms with E-state index in [9.17, 15) is 15.0 Å². The maximum Gasteiger partial charge on any atom is 0.230 e. The van der Waals surface area contributed by atoms with Gasteiger partial charge in [0.2, 0.25) is 5.91 Å². The Morgan fingerprint density at radius 3 is 2.08 bits per heavy atom. The molecule has 0 heterocycles. The van der Waals surface area contributed by atoms with Crippen molar-refractivity contribution in [2.45, 2.75) is 16.2 Å². The summed E-state index contributed by atoms with van der Waals surface area (Å²) < 4.78 is 0. The van der Waals surface area contributed by atoms with Crippen LogP contribution in [-0.2, 0) is 4.79 Å². The monoisotopic (exact) mass is 417 g/mol. The van der Waals surface area contributed by atoms with Gasteiger partial charge in [0.15, 0.2) is 0 Å². The van der Waals surface area contributed by atoms with Gasteiger partial charge in [-0.2, -0.15) is 0 Å². The number of carbonyl (C=O) groups is 1. The average Bonchev–Trinajstić information content (AvgIpc) is 2.58. The number of amides is 1. The first kappa shape index (κ1) is 20.1. The SMILES string of the molecule is O=C(CSc1ccc(O)c(Cl)c1)NCCCSc1ccc(O)c(Cl)c1. The van der Waals surface area contributed by atoms with Gasteiger partial charge in [-0.05, 0) is 48.6 Å². The molecule has 25 heavy (non-hydrogen) atoms. The fourth-order valence-corrected chi connectivity index (χ4v) is 3.99. The van der Waals surface area contributed by atoms with Crippen LogP contribution < -0.4 is 5.32 Å². The van der Waals surface area contributed by atoms with Crippen molar-refractivity contribution in [1.82, 2.24) is 5.32 Å². The lowest BCUT2D eigenvalue weighted by Gasteiger charge is -2.06. The molecule has 8 heteroatoms. The van der Waals surface area contributed by atoms with Gasteiger partial charge in [-0.1, -0.05) is 23.2 Å². The predicted molar refractivity (Wildman–Crippen MR) is 105 cm³/mol. The molecular weight excluding hydrogens is 401 g/mol. The number of phenolic OH excluding ortho intramolecular Hbond substituents is 2. The van der Waals surface area contributed by atoms with Crippen molar-refractivity contribution in [3.63, 3.8) is 0 Å². The number of nitrogens with one attached hydrogen (secondary N) is 1. The second-order valence-electron chi connectivity index (χ2n) is 5.07. The third-order valence-corrected chi connectivity index (χ3v) is 5.80. The molecule has 0 saturated heterocycles. The van der Waals surface area contributed by atoms with Gasteiger partial charge in [-0.3, -0.25) is 4.79 Å². The van der Waals surface area contributed by atoms with Crippen LogP contribution in [-0.4, -0.2) is 34.2 Å². The van der Waals surface area contributed by atoms with Crippen LogP contribution in [0.1, 0.15) is 6.42 Å². The molecule has 2 aromatic carbocycles. The maximum atomic E-state index is 11.8. The standard InChI is InChI=1S/C17H17Cl2NO3S2/c18-13-8-11(2-4-15(13)21)24-7-1-6-20-17(23)10-25-12-3-5-16(22)14(19)9-12/h2-5,8-9,21-22H,1,6-7,10H2,(H,20,23). The molecular formula is C17H17Cl2NO3S2. The van der Waals surface area contributed by atoms with Crippen molar-refractivity contribution in [3.8, 4) is 11.5 Å². The van der Waals surface area contributed by atoms with Crippen LogP contribution in [0.25, 0.3) is 0 Å². The van der Waals surface area contributed by atoms with Crippen molar-refractivity contribution in [1.29, 1.82) is 0 Å². The molecule has 3 N–H and O–H groups in total. The minimum absolute atomic E-state index is 0.0304. The molecule has 0 fully saturated rings. The number of carbonyl (C=O) groups excluding carboxylic acids is 1. The Kier molecular flexibility index (Phi) is 8.09. The molecule has 0 bridgehead atoms. The molecule has 134 valence electrons. The van der Waals surface area contributed by atoms with Crippen LogP contribution in [0.15, 0.2) is 46.2 Å². The van der Waals surface area contributed by atoms with Crippen molar-refractivity contribution >= 4 is 52.6 Å². The maximum absolute atomic E-state index is 11.8. The van der Waals surface area contributed by atoms with E-state index in [1.807, 2.05) is 6.07 Å². The summed E-state index contributed by atoms with van der Waals surface area (Å²) in [6.45, 7) is 0.592. The van der Waals surface area contributed by atoms with Gasteiger partial charge in [0, 0.05) is 16.3 Å². The first-order valence-electron chi connectivity index (χ1n) is 7.45. The van der Waals surface area contributed by atoms with Gasteiger partial charge in [-0.25, -0.2) is 0 Å². The Morgan fingerprint density at radius 2 is 1.52 bits per heavy atom. The van der Waals surface area contributed by atoms with Crippen LogP contribution in [0, 0.1) is 0 Å². The molecule has 0 atom stereocenters. The van der Waals surface area contributed by atoms with Crippen molar-refractivity contribution < 1.29 is 15.0 Å². The summed E-state index contributed by atoms with van der Waals surface area (Å²) in [5.41, 5.74) is 0. The van der Waals surface area contributed by atoms with E-state index in [1.165, 1.54) is 17.8 Å². The zero-order valence-electron chi connectivity index (χ0n) is 13.2. The third kappa shape index (κ3) is 6.90. The van der Waals surface area contributed by atoms with E-state index < -0.39 is 0 Å². The zero-order valence-corrected chi connectivity index (χ0v) is 16.3. The predicted octanol–water partition coefficient (Wildman–Crippen LogP) is 4.80. The zero-order chi connectivity index (χ0) is 18.2. The molecule has 0 radical (unpaired) electrons. The summed E-state index contributed by atoms with van der Waals surface area (Å²) in [5.74, 6) is 1.18. The average molecular weight is 418 g/mol. The molecule has 0 unspecified atom stereocenters. The lowest BCUT2D eigenvalue weighted by molar-refractivity contribution is -0.118. The summed E-state index contributed by atoms with van der Waals surface area (Å²) in [4.78, 5) is 13.6. The minimum Gasteiger partial charge on any atom is -0.506 e. The Morgan fingerprint density at radius 1 is 0.960 bits per heavy atom. The summed E-state index contributed by atoms with van der Waals surface area (Å²) in [6.07, 6.45) is 0.824. The summed E-state index contributed by atoms with van der Waals surface area (Å²) in [6, 6.07) is 9.96. The highest BCUT2D eigenvalue weighted by Crippen LogP contribution is 2.29. The van der Waals surface area contributed by atoms with Crippen molar-refractivity contribution in [2.24, 2.45) is 0 Å². The van der Waals surface area contributed by atoms with Gasteiger partial charge in [0.25, 0.3) is 0 Å². The molecule has 0 aliphatic rings. The molecule has 0 spiro atoms. The number of hydrogen-bond acceptors (Lipinski definition) is 5. The first-order chi connectivity index (χ1) is 12.0. The molecule has 0 aliphatic carbocycles. The van der Waals surface area contributed by atoms with Crippen LogP contribution in [0.2, 0.25) is 10.0 Å². The second-order valence-corrected chi connectivity index (χ2v) is 8.10. The molecule has 1 amide bonds. The van der Waals surface area contributed by atoms with Crippen molar-refractivity contribution in [2.75, 3.05) is 18.1 Å². The minimum atomic E-state index is -0.0492. The van der Waals surface area contributed by atoms with E-state index in [2.05, 4.69) is 5.32 Å². The van der Waals surface area contributed by atoms with E-state index in [0.717, 1.165) is 22.0 Å². The quantitative estimate of drug-likeness (QED) is 0.425. The van der Waals surface area contributed by atoms with E-state index in [-0.39, 0.29) is 22.4 Å². The highest BCUT2D eigenvalue weighted by atomic mass is 35.5. The molecule has 0 saturated carbocycles. The normalized spacial score (nSPS) is 10.6. The lowest BCUT2D eigenvalue weighted by atomic mass is 10.3. The lowest BCUT2D eigenvalue weighted by Crippen LogP contribution is -2.26. The Labute approximate surface area is 164 Å². The number of aromatic hydroxyl groups is 2. The Balaban J connectivity index is 1.61. The van der Waals surface area contributed by atoms with Crippen molar-refractivity contribution in [3.05, 3.63) is 46.4 Å².